The lowest BCUT2D eigenvalue weighted by molar-refractivity contribution is 0.476. The molecule has 0 radical (unpaired) electrons. The van der Waals surface area contributed by atoms with Crippen LogP contribution in [0.2, 0.25) is 0 Å². The molecule has 0 amide bonds. The van der Waals surface area contributed by atoms with Crippen molar-refractivity contribution in [2.24, 2.45) is 7.05 Å². The summed E-state index contributed by atoms with van der Waals surface area (Å²) in [5, 5.41) is 9.60. The van der Waals surface area contributed by atoms with Crippen LogP contribution in [0.25, 0.3) is 10.9 Å². The quantitative estimate of drug-likeness (QED) is 0.640. The van der Waals surface area contributed by atoms with E-state index in [2.05, 4.69) is 4.98 Å². The van der Waals surface area contributed by atoms with Crippen LogP contribution in [0.3, 0.4) is 0 Å². The molecule has 1 N–H and O–H groups in total. The van der Waals surface area contributed by atoms with E-state index >= 15 is 0 Å². The van der Waals surface area contributed by atoms with Crippen molar-refractivity contribution in [3.63, 3.8) is 0 Å². The van der Waals surface area contributed by atoms with Gasteiger partial charge in [-0.25, -0.2) is 4.98 Å². The van der Waals surface area contributed by atoms with E-state index in [0.717, 1.165) is 0 Å². The van der Waals surface area contributed by atoms with Crippen molar-refractivity contribution in [3.8, 4) is 5.75 Å². The van der Waals surface area contributed by atoms with E-state index in [-0.39, 0.29) is 11.3 Å². The van der Waals surface area contributed by atoms with E-state index in [9.17, 15) is 4.79 Å². The average Bonchev–Trinajstić information content (AvgIpc) is 2.12. The van der Waals surface area contributed by atoms with E-state index in [1.807, 2.05) is 0 Å². The molecular weight excluding hydrogens is 168 g/mol. The van der Waals surface area contributed by atoms with Crippen LogP contribution in [0.1, 0.15) is 0 Å². The smallest absolute Gasteiger partial charge is 0.261 e. The van der Waals surface area contributed by atoms with Crippen molar-refractivity contribution >= 4 is 10.9 Å². The highest BCUT2D eigenvalue weighted by molar-refractivity contribution is 5.78. The second-order valence-electron chi connectivity index (χ2n) is 2.86. The highest BCUT2D eigenvalue weighted by atomic mass is 16.3. The Labute approximate surface area is 74.1 Å². The molecule has 13 heavy (non-hydrogen) atoms. The van der Waals surface area contributed by atoms with Crippen molar-refractivity contribution in [2.45, 2.75) is 0 Å². The third-order valence-electron chi connectivity index (χ3n) is 1.90. The fourth-order valence-electron chi connectivity index (χ4n) is 1.20. The molecular formula is C9H8N2O2. The van der Waals surface area contributed by atoms with Crippen molar-refractivity contribution in [2.75, 3.05) is 0 Å². The molecule has 1 aromatic carbocycles. The topological polar surface area (TPSA) is 55.1 Å². The summed E-state index contributed by atoms with van der Waals surface area (Å²) in [6.45, 7) is 0. The van der Waals surface area contributed by atoms with E-state index < -0.39 is 0 Å². The first-order valence-electron chi connectivity index (χ1n) is 3.83. The van der Waals surface area contributed by atoms with E-state index in [0.29, 0.717) is 10.9 Å². The summed E-state index contributed by atoms with van der Waals surface area (Å²) in [7, 11) is 1.62. The number of aromatic hydroxyl groups is 1. The van der Waals surface area contributed by atoms with Gasteiger partial charge in [0.25, 0.3) is 5.56 Å². The minimum atomic E-state index is -0.152. The van der Waals surface area contributed by atoms with Gasteiger partial charge >= 0.3 is 0 Å². The monoisotopic (exact) mass is 176 g/mol. The summed E-state index contributed by atoms with van der Waals surface area (Å²) in [6.07, 6.45) is 1.46. The van der Waals surface area contributed by atoms with Crippen LogP contribution >= 0.6 is 0 Å². The fraction of sp³-hybridized carbons (Fsp3) is 0.111. The molecule has 0 saturated carbocycles. The van der Waals surface area contributed by atoms with Gasteiger partial charge in [-0.3, -0.25) is 4.79 Å². The number of phenols is 1. The van der Waals surface area contributed by atoms with Crippen LogP contribution in [-0.2, 0) is 7.05 Å². The molecule has 2 aromatic rings. The molecule has 0 spiro atoms. The summed E-state index contributed by atoms with van der Waals surface area (Å²) >= 11 is 0. The first-order chi connectivity index (χ1) is 6.18. The molecule has 1 aromatic heterocycles. The Morgan fingerprint density at radius 3 is 3.00 bits per heavy atom. The third-order valence-corrected chi connectivity index (χ3v) is 1.90. The van der Waals surface area contributed by atoms with Crippen molar-refractivity contribution < 1.29 is 5.11 Å². The number of hydrogen-bond donors (Lipinski definition) is 1. The Morgan fingerprint density at radius 2 is 2.23 bits per heavy atom. The molecule has 4 heteroatoms. The minimum absolute atomic E-state index is 0.0811. The van der Waals surface area contributed by atoms with Crippen molar-refractivity contribution in [3.05, 3.63) is 34.9 Å². The first-order valence-corrected chi connectivity index (χ1v) is 3.83. The van der Waals surface area contributed by atoms with Crippen molar-refractivity contribution in [1.82, 2.24) is 9.55 Å². The van der Waals surface area contributed by atoms with E-state index in [1.165, 1.54) is 23.0 Å². The first kappa shape index (κ1) is 7.79. The number of rotatable bonds is 0. The van der Waals surface area contributed by atoms with Crippen LogP contribution < -0.4 is 5.56 Å². The zero-order valence-corrected chi connectivity index (χ0v) is 7.06. The van der Waals surface area contributed by atoms with E-state index in [4.69, 9.17) is 5.11 Å². The fourth-order valence-corrected chi connectivity index (χ4v) is 1.20. The zero-order chi connectivity index (χ0) is 9.42. The molecule has 0 aliphatic heterocycles. The second-order valence-corrected chi connectivity index (χ2v) is 2.86. The molecule has 4 nitrogen and oxygen atoms in total. The predicted octanol–water partition coefficient (Wildman–Crippen LogP) is 0.639. The second kappa shape index (κ2) is 2.58. The number of benzene rings is 1. The highest BCUT2D eigenvalue weighted by Gasteiger charge is 2.01. The van der Waals surface area contributed by atoms with Gasteiger partial charge in [0.05, 0.1) is 17.2 Å². The van der Waals surface area contributed by atoms with Crippen LogP contribution in [0.15, 0.2) is 29.3 Å². The van der Waals surface area contributed by atoms with Crippen LogP contribution in [0.4, 0.5) is 0 Å². The summed E-state index contributed by atoms with van der Waals surface area (Å²) in [6, 6.07) is 4.55. The van der Waals surface area contributed by atoms with Gasteiger partial charge in [-0.2, -0.15) is 0 Å². The summed E-state index contributed by atoms with van der Waals surface area (Å²) in [5.74, 6) is 0.0811. The van der Waals surface area contributed by atoms with Crippen LogP contribution in [0, 0.1) is 0 Å². The number of aromatic nitrogens is 2. The van der Waals surface area contributed by atoms with Gasteiger partial charge in [-0.15, -0.1) is 0 Å². The van der Waals surface area contributed by atoms with E-state index in [1.54, 1.807) is 13.1 Å². The molecule has 0 saturated heterocycles. The SMILES string of the molecule is Cn1cnc2ccc(O)cc2c1=O. The molecule has 2 rings (SSSR count). The van der Waals surface area contributed by atoms with Gasteiger partial charge in [0, 0.05) is 7.05 Å². The lowest BCUT2D eigenvalue weighted by Crippen LogP contribution is -2.16. The molecule has 1 heterocycles. The molecule has 0 atom stereocenters. The summed E-state index contributed by atoms with van der Waals surface area (Å²) < 4.78 is 1.38. The Balaban J connectivity index is 2.97. The normalized spacial score (nSPS) is 10.5. The summed E-state index contributed by atoms with van der Waals surface area (Å²) in [4.78, 5) is 15.5. The standard InChI is InChI=1S/C9H8N2O2/c1-11-5-10-8-3-2-6(12)4-7(8)9(11)13/h2-5,12H,1H3. The largest absolute Gasteiger partial charge is 0.508 e. The van der Waals surface area contributed by atoms with Gasteiger partial charge in [0.2, 0.25) is 0 Å². The zero-order valence-electron chi connectivity index (χ0n) is 7.06. The van der Waals surface area contributed by atoms with Crippen molar-refractivity contribution in [1.29, 1.82) is 0 Å². The number of phenolic OH excluding ortho intramolecular Hbond substituents is 1. The summed E-state index contributed by atoms with van der Waals surface area (Å²) in [5.41, 5.74) is 0.446. The lowest BCUT2D eigenvalue weighted by atomic mass is 10.2. The molecule has 0 aliphatic carbocycles. The molecule has 66 valence electrons. The number of aryl methyl sites for hydroxylation is 1. The van der Waals surface area contributed by atoms with Gasteiger partial charge in [0.1, 0.15) is 5.75 Å². The van der Waals surface area contributed by atoms with Gasteiger partial charge in [-0.05, 0) is 18.2 Å². The maximum atomic E-state index is 11.5. The third kappa shape index (κ3) is 1.16. The Hall–Kier alpha value is -1.84. The van der Waals surface area contributed by atoms with Gasteiger partial charge in [0.15, 0.2) is 0 Å². The predicted molar refractivity (Wildman–Crippen MR) is 48.6 cm³/mol. The Bertz CT molecular complexity index is 511. The molecule has 0 bridgehead atoms. The Kier molecular flexibility index (Phi) is 1.55. The molecule has 0 unspecified atom stereocenters. The molecule has 0 fully saturated rings. The number of hydrogen-bond acceptors (Lipinski definition) is 3. The highest BCUT2D eigenvalue weighted by Crippen LogP contribution is 2.13. The average molecular weight is 176 g/mol. The number of fused-ring (bicyclic) bond motifs is 1. The minimum Gasteiger partial charge on any atom is -0.508 e. The maximum Gasteiger partial charge on any atom is 0.261 e. The lowest BCUT2D eigenvalue weighted by Gasteiger charge is -1.99. The van der Waals surface area contributed by atoms with Gasteiger partial charge in [-0.1, -0.05) is 0 Å². The van der Waals surface area contributed by atoms with Crippen LogP contribution in [-0.4, -0.2) is 14.7 Å². The maximum absolute atomic E-state index is 11.5. The Morgan fingerprint density at radius 1 is 1.46 bits per heavy atom. The van der Waals surface area contributed by atoms with Gasteiger partial charge < -0.3 is 9.67 Å². The molecule has 0 aliphatic rings. The number of nitrogens with zero attached hydrogens (tertiary/aromatic N) is 2. The van der Waals surface area contributed by atoms with Crippen LogP contribution in [0.5, 0.6) is 5.75 Å².